The van der Waals surface area contributed by atoms with Crippen molar-refractivity contribution in [1.29, 1.82) is 0 Å². The molecule has 2 fully saturated rings. The largest absolute Gasteiger partial charge is 0.351 e. The normalized spacial score (nSPS) is 33.5. The SMILES string of the molecule is CC1NNC(C(=O)NC2CC2c2cccc(Cl)c2)C1[N+](=O)[O-]. The number of hydrogen-bond donors (Lipinski definition) is 3. The number of benzene rings is 1. The molecule has 118 valence electrons. The number of hydrogen-bond acceptors (Lipinski definition) is 5. The molecule has 8 heteroatoms. The van der Waals surface area contributed by atoms with Crippen molar-refractivity contribution in [3.8, 4) is 0 Å². The van der Waals surface area contributed by atoms with Crippen molar-refractivity contribution >= 4 is 17.5 Å². The van der Waals surface area contributed by atoms with Gasteiger partial charge in [0.2, 0.25) is 5.91 Å². The Labute approximate surface area is 132 Å². The maximum Gasteiger partial charge on any atom is 0.254 e. The molecule has 5 unspecified atom stereocenters. The second-order valence-electron chi connectivity index (χ2n) is 5.84. The fraction of sp³-hybridized carbons (Fsp3) is 0.500. The van der Waals surface area contributed by atoms with Gasteiger partial charge in [-0.25, -0.2) is 10.9 Å². The summed E-state index contributed by atoms with van der Waals surface area (Å²) in [4.78, 5) is 22.9. The summed E-state index contributed by atoms with van der Waals surface area (Å²) in [6.45, 7) is 1.68. The number of halogens is 1. The molecule has 1 aliphatic carbocycles. The Morgan fingerprint density at radius 2 is 2.23 bits per heavy atom. The van der Waals surface area contributed by atoms with E-state index in [1.807, 2.05) is 18.2 Å². The summed E-state index contributed by atoms with van der Waals surface area (Å²) >= 11 is 5.96. The summed E-state index contributed by atoms with van der Waals surface area (Å²) in [6.07, 6.45) is 0.824. The Bertz CT molecular complexity index is 612. The van der Waals surface area contributed by atoms with E-state index in [2.05, 4.69) is 16.2 Å². The van der Waals surface area contributed by atoms with Crippen molar-refractivity contribution in [3.63, 3.8) is 0 Å². The molecule has 0 radical (unpaired) electrons. The number of amides is 1. The zero-order chi connectivity index (χ0) is 15.9. The van der Waals surface area contributed by atoms with Crippen LogP contribution in [0.2, 0.25) is 5.02 Å². The smallest absolute Gasteiger partial charge is 0.254 e. The second kappa shape index (κ2) is 5.83. The highest BCUT2D eigenvalue weighted by atomic mass is 35.5. The van der Waals surface area contributed by atoms with Crippen molar-refractivity contribution in [1.82, 2.24) is 16.2 Å². The maximum atomic E-state index is 12.3. The first-order chi connectivity index (χ1) is 10.5. The van der Waals surface area contributed by atoms with Crippen molar-refractivity contribution in [2.75, 3.05) is 0 Å². The molecular weight excluding hydrogens is 308 g/mol. The lowest BCUT2D eigenvalue weighted by Gasteiger charge is -2.14. The molecule has 3 rings (SSSR count). The molecule has 1 saturated heterocycles. The molecule has 7 nitrogen and oxygen atoms in total. The predicted octanol–water partition coefficient (Wildman–Crippen LogP) is 0.822. The molecule has 3 N–H and O–H groups in total. The highest BCUT2D eigenvalue weighted by Crippen LogP contribution is 2.41. The van der Waals surface area contributed by atoms with Crippen LogP contribution in [-0.4, -0.2) is 35.0 Å². The van der Waals surface area contributed by atoms with Gasteiger partial charge < -0.3 is 5.32 Å². The highest BCUT2D eigenvalue weighted by molar-refractivity contribution is 6.30. The van der Waals surface area contributed by atoms with Gasteiger partial charge in [0, 0.05) is 21.9 Å². The van der Waals surface area contributed by atoms with E-state index in [1.54, 1.807) is 13.0 Å². The predicted molar refractivity (Wildman–Crippen MR) is 81.0 cm³/mol. The van der Waals surface area contributed by atoms with E-state index in [-0.39, 0.29) is 17.9 Å². The summed E-state index contributed by atoms with van der Waals surface area (Å²) in [5.74, 6) is -0.114. The van der Waals surface area contributed by atoms with E-state index < -0.39 is 23.0 Å². The van der Waals surface area contributed by atoms with Gasteiger partial charge in [0.05, 0.1) is 6.04 Å². The van der Waals surface area contributed by atoms with Crippen LogP contribution in [0.3, 0.4) is 0 Å². The summed E-state index contributed by atoms with van der Waals surface area (Å²) in [7, 11) is 0. The fourth-order valence-corrected chi connectivity index (χ4v) is 3.14. The molecule has 1 aromatic carbocycles. The number of nitro groups is 1. The van der Waals surface area contributed by atoms with E-state index >= 15 is 0 Å². The van der Waals surface area contributed by atoms with Crippen molar-refractivity contribution in [3.05, 3.63) is 45.0 Å². The highest BCUT2D eigenvalue weighted by Gasteiger charge is 2.49. The van der Waals surface area contributed by atoms with Gasteiger partial charge in [-0.15, -0.1) is 0 Å². The molecule has 22 heavy (non-hydrogen) atoms. The molecule has 5 atom stereocenters. The molecule has 1 aromatic rings. The van der Waals surface area contributed by atoms with Gasteiger partial charge in [-0.1, -0.05) is 23.7 Å². The van der Waals surface area contributed by atoms with Gasteiger partial charge in [0.15, 0.2) is 6.04 Å². The number of carbonyl (C=O) groups excluding carboxylic acids is 1. The monoisotopic (exact) mass is 324 g/mol. The van der Waals surface area contributed by atoms with Crippen LogP contribution >= 0.6 is 11.6 Å². The average Bonchev–Trinajstić information content (AvgIpc) is 3.10. The minimum absolute atomic E-state index is 0.0103. The lowest BCUT2D eigenvalue weighted by Crippen LogP contribution is -2.50. The van der Waals surface area contributed by atoms with E-state index in [4.69, 9.17) is 11.6 Å². The Morgan fingerprint density at radius 1 is 1.45 bits per heavy atom. The van der Waals surface area contributed by atoms with Crippen LogP contribution in [0.5, 0.6) is 0 Å². The van der Waals surface area contributed by atoms with Crippen LogP contribution in [0.25, 0.3) is 0 Å². The van der Waals surface area contributed by atoms with Crippen LogP contribution in [0.4, 0.5) is 0 Å². The molecule has 0 bridgehead atoms. The minimum atomic E-state index is -0.969. The molecule has 1 heterocycles. The molecule has 1 saturated carbocycles. The number of carbonyl (C=O) groups is 1. The summed E-state index contributed by atoms with van der Waals surface area (Å²) < 4.78 is 0. The van der Waals surface area contributed by atoms with E-state index in [9.17, 15) is 14.9 Å². The Hall–Kier alpha value is -1.70. The first kappa shape index (κ1) is 15.2. The van der Waals surface area contributed by atoms with Crippen LogP contribution in [0.15, 0.2) is 24.3 Å². The molecular formula is C14H17ClN4O3. The Balaban J connectivity index is 1.61. The summed E-state index contributed by atoms with van der Waals surface area (Å²) in [5.41, 5.74) is 6.54. The van der Waals surface area contributed by atoms with Crippen LogP contribution in [0, 0.1) is 10.1 Å². The van der Waals surface area contributed by atoms with Crippen molar-refractivity contribution in [2.45, 2.75) is 43.4 Å². The van der Waals surface area contributed by atoms with Crippen LogP contribution < -0.4 is 16.2 Å². The number of rotatable bonds is 4. The third-order valence-corrected chi connectivity index (χ3v) is 4.48. The van der Waals surface area contributed by atoms with E-state index in [0.29, 0.717) is 5.02 Å². The third-order valence-electron chi connectivity index (χ3n) is 4.24. The molecule has 2 aliphatic rings. The first-order valence-electron chi connectivity index (χ1n) is 7.18. The Morgan fingerprint density at radius 3 is 2.91 bits per heavy atom. The second-order valence-corrected chi connectivity index (χ2v) is 6.28. The third kappa shape index (κ3) is 2.92. The van der Waals surface area contributed by atoms with E-state index in [0.717, 1.165) is 12.0 Å². The zero-order valence-electron chi connectivity index (χ0n) is 12.0. The number of nitrogens with zero attached hydrogens (tertiary/aromatic N) is 1. The van der Waals surface area contributed by atoms with Crippen molar-refractivity contribution < 1.29 is 9.72 Å². The molecule has 1 amide bonds. The van der Waals surface area contributed by atoms with Gasteiger partial charge in [0.25, 0.3) is 6.04 Å². The quantitative estimate of drug-likeness (QED) is 0.563. The van der Waals surface area contributed by atoms with Gasteiger partial charge >= 0.3 is 0 Å². The standard InChI is InChI=1S/C14H17ClN4O3/c1-7-13(19(21)22)12(18-17-7)14(20)16-11-6-10(11)8-3-2-4-9(15)5-8/h2-5,7,10-13,17-18H,6H2,1H3,(H,16,20). The van der Waals surface area contributed by atoms with Gasteiger partial charge in [-0.2, -0.15) is 0 Å². The van der Waals surface area contributed by atoms with Gasteiger partial charge in [-0.3, -0.25) is 14.9 Å². The fourth-order valence-electron chi connectivity index (χ4n) is 2.94. The molecule has 0 spiro atoms. The number of nitrogens with one attached hydrogen (secondary N) is 3. The van der Waals surface area contributed by atoms with Gasteiger partial charge in [0.1, 0.15) is 0 Å². The van der Waals surface area contributed by atoms with Crippen molar-refractivity contribution in [2.24, 2.45) is 0 Å². The first-order valence-corrected chi connectivity index (χ1v) is 7.55. The Kier molecular flexibility index (Phi) is 4.03. The lowest BCUT2D eigenvalue weighted by molar-refractivity contribution is -0.523. The van der Waals surface area contributed by atoms with Crippen LogP contribution in [-0.2, 0) is 4.79 Å². The minimum Gasteiger partial charge on any atom is -0.351 e. The molecule has 0 aromatic heterocycles. The summed E-state index contributed by atoms with van der Waals surface area (Å²) in [5, 5.41) is 14.6. The number of hydrazine groups is 1. The lowest BCUT2D eigenvalue weighted by atomic mass is 10.0. The van der Waals surface area contributed by atoms with E-state index in [1.165, 1.54) is 0 Å². The zero-order valence-corrected chi connectivity index (χ0v) is 12.7. The van der Waals surface area contributed by atoms with Gasteiger partial charge in [-0.05, 0) is 31.0 Å². The van der Waals surface area contributed by atoms with Crippen LogP contribution in [0.1, 0.15) is 24.8 Å². The maximum absolute atomic E-state index is 12.3. The average molecular weight is 325 g/mol. The topological polar surface area (TPSA) is 96.3 Å². The summed E-state index contributed by atoms with van der Waals surface area (Å²) in [6, 6.07) is 5.33. The molecule has 1 aliphatic heterocycles.